The second kappa shape index (κ2) is 8.43. The minimum atomic E-state index is -0.211. The number of hydrogen-bond acceptors (Lipinski definition) is 8. The molecule has 1 fully saturated rings. The molecule has 34 heavy (non-hydrogen) atoms. The molecule has 2 N–H and O–H groups in total. The van der Waals surface area contributed by atoms with Crippen molar-refractivity contribution in [1.29, 1.82) is 0 Å². The fourth-order valence-electron chi connectivity index (χ4n) is 4.58. The summed E-state index contributed by atoms with van der Waals surface area (Å²) >= 11 is 1.66. The minimum Gasteiger partial charge on any atom is -0.492 e. The molecule has 10 heteroatoms. The number of anilines is 2. The lowest BCUT2D eigenvalue weighted by Crippen LogP contribution is -2.34. The molecule has 1 aromatic carbocycles. The van der Waals surface area contributed by atoms with E-state index in [0.29, 0.717) is 19.1 Å². The topological polar surface area (TPSA) is 105 Å². The first-order valence-electron chi connectivity index (χ1n) is 11.7. The van der Waals surface area contributed by atoms with Gasteiger partial charge in [-0.1, -0.05) is 0 Å². The Labute approximate surface area is 200 Å². The number of rotatable bonds is 6. The lowest BCUT2D eigenvalue weighted by molar-refractivity contribution is 0.0616. The SMILES string of the molecule is CCOc1cc2[nH]ncc2cc1Nc1ncnc2sc3c(c12)CCC(OC(=O)N(C)C1CC1)C3. The zero-order valence-corrected chi connectivity index (χ0v) is 19.9. The predicted molar refractivity (Wildman–Crippen MR) is 131 cm³/mol. The summed E-state index contributed by atoms with van der Waals surface area (Å²) in [6.07, 6.45) is 7.54. The van der Waals surface area contributed by atoms with Gasteiger partial charge < -0.3 is 19.7 Å². The summed E-state index contributed by atoms with van der Waals surface area (Å²) in [5.74, 6) is 1.50. The Bertz CT molecular complexity index is 1380. The monoisotopic (exact) mass is 478 g/mol. The lowest BCUT2D eigenvalue weighted by Gasteiger charge is -2.25. The molecule has 9 nitrogen and oxygen atoms in total. The molecule has 3 heterocycles. The van der Waals surface area contributed by atoms with E-state index >= 15 is 0 Å². The van der Waals surface area contributed by atoms with Crippen LogP contribution in [0.4, 0.5) is 16.3 Å². The molecular formula is C24H26N6O3S. The number of aromatic nitrogens is 4. The Balaban J connectivity index is 1.29. The molecule has 1 saturated carbocycles. The van der Waals surface area contributed by atoms with E-state index in [1.807, 2.05) is 26.1 Å². The van der Waals surface area contributed by atoms with Crippen molar-refractivity contribution in [3.8, 4) is 5.75 Å². The van der Waals surface area contributed by atoms with Crippen LogP contribution in [0.2, 0.25) is 0 Å². The highest BCUT2D eigenvalue weighted by Gasteiger charge is 2.33. The molecule has 2 aliphatic rings. The van der Waals surface area contributed by atoms with Gasteiger partial charge in [0.1, 0.15) is 28.8 Å². The van der Waals surface area contributed by atoms with Crippen LogP contribution in [-0.4, -0.2) is 57.0 Å². The number of H-pyrrole nitrogens is 1. The minimum absolute atomic E-state index is 0.105. The van der Waals surface area contributed by atoms with Gasteiger partial charge in [-0.25, -0.2) is 14.8 Å². The third-order valence-corrected chi connectivity index (χ3v) is 7.71. The number of thiophene rings is 1. The number of nitrogens with zero attached hydrogens (tertiary/aromatic N) is 4. The van der Waals surface area contributed by atoms with Gasteiger partial charge in [-0.05, 0) is 44.2 Å². The molecule has 3 aromatic heterocycles. The molecule has 0 bridgehead atoms. The average molecular weight is 479 g/mol. The van der Waals surface area contributed by atoms with E-state index in [1.54, 1.807) is 28.8 Å². The molecular weight excluding hydrogens is 452 g/mol. The number of nitrogens with one attached hydrogen (secondary N) is 2. The van der Waals surface area contributed by atoms with Crippen molar-refractivity contribution in [2.45, 2.75) is 51.2 Å². The molecule has 1 amide bonds. The second-order valence-electron chi connectivity index (χ2n) is 8.86. The van der Waals surface area contributed by atoms with Gasteiger partial charge in [0.15, 0.2) is 0 Å². The van der Waals surface area contributed by atoms with E-state index in [-0.39, 0.29) is 12.2 Å². The van der Waals surface area contributed by atoms with Gasteiger partial charge >= 0.3 is 6.09 Å². The zero-order chi connectivity index (χ0) is 23.2. The van der Waals surface area contributed by atoms with Crippen LogP contribution in [0.1, 0.15) is 36.6 Å². The highest BCUT2D eigenvalue weighted by molar-refractivity contribution is 7.19. The van der Waals surface area contributed by atoms with Crippen molar-refractivity contribution in [2.75, 3.05) is 19.0 Å². The molecule has 4 aromatic rings. The van der Waals surface area contributed by atoms with E-state index in [9.17, 15) is 4.79 Å². The summed E-state index contributed by atoms with van der Waals surface area (Å²) in [5, 5.41) is 12.6. The van der Waals surface area contributed by atoms with E-state index in [4.69, 9.17) is 9.47 Å². The molecule has 176 valence electrons. The van der Waals surface area contributed by atoms with Crippen molar-refractivity contribution in [3.05, 3.63) is 35.1 Å². The maximum Gasteiger partial charge on any atom is 0.410 e. The van der Waals surface area contributed by atoms with Crippen LogP contribution in [0.3, 0.4) is 0 Å². The van der Waals surface area contributed by atoms with Gasteiger partial charge in [0.05, 0.1) is 29.4 Å². The van der Waals surface area contributed by atoms with Gasteiger partial charge in [-0.2, -0.15) is 5.10 Å². The molecule has 0 radical (unpaired) electrons. The number of aryl methyl sites for hydroxylation is 1. The summed E-state index contributed by atoms with van der Waals surface area (Å²) in [5.41, 5.74) is 3.00. The first-order valence-corrected chi connectivity index (χ1v) is 12.5. The standard InChI is InChI=1S/C24H26N6O3S/c1-3-32-19-10-17-13(11-27-29-17)8-18(19)28-22-21-16-7-6-15(33-24(31)30(2)14-4-5-14)9-20(16)34-23(21)26-12-25-22/h8,10-12,14-15H,3-7,9H2,1-2H3,(H,27,29)(H,25,26,28). The molecule has 0 saturated heterocycles. The maximum absolute atomic E-state index is 12.4. The normalized spacial score (nSPS) is 17.5. The number of aromatic amines is 1. The first kappa shape index (κ1) is 21.2. The van der Waals surface area contributed by atoms with E-state index in [0.717, 1.165) is 64.1 Å². The van der Waals surface area contributed by atoms with E-state index in [1.165, 1.54) is 10.4 Å². The predicted octanol–water partition coefficient (Wildman–Crippen LogP) is 4.80. The Morgan fingerprint density at radius 3 is 3.00 bits per heavy atom. The quantitative estimate of drug-likeness (QED) is 0.410. The number of benzene rings is 1. The van der Waals surface area contributed by atoms with Crippen molar-refractivity contribution in [3.63, 3.8) is 0 Å². The average Bonchev–Trinajstić information content (AvgIpc) is 3.47. The Morgan fingerprint density at radius 1 is 1.29 bits per heavy atom. The first-order chi connectivity index (χ1) is 16.6. The number of amides is 1. The van der Waals surface area contributed by atoms with E-state index in [2.05, 4.69) is 25.5 Å². The fraction of sp³-hybridized carbons (Fsp3) is 0.417. The third-order valence-electron chi connectivity index (χ3n) is 6.54. The van der Waals surface area contributed by atoms with Gasteiger partial charge in [0.25, 0.3) is 0 Å². The molecule has 1 unspecified atom stereocenters. The van der Waals surface area contributed by atoms with Crippen molar-refractivity contribution >= 4 is 50.1 Å². The lowest BCUT2D eigenvalue weighted by atomic mass is 9.94. The summed E-state index contributed by atoms with van der Waals surface area (Å²) in [6, 6.07) is 4.32. The Morgan fingerprint density at radius 2 is 2.18 bits per heavy atom. The summed E-state index contributed by atoms with van der Waals surface area (Å²) < 4.78 is 11.7. The van der Waals surface area contributed by atoms with Crippen molar-refractivity contribution in [1.82, 2.24) is 25.1 Å². The van der Waals surface area contributed by atoms with Crippen LogP contribution in [0, 0.1) is 0 Å². The summed E-state index contributed by atoms with van der Waals surface area (Å²) in [4.78, 5) is 25.5. The third kappa shape index (κ3) is 3.81. The molecule has 0 spiro atoms. The van der Waals surface area contributed by atoms with Crippen molar-refractivity contribution < 1.29 is 14.3 Å². The highest BCUT2D eigenvalue weighted by Crippen LogP contribution is 2.41. The zero-order valence-electron chi connectivity index (χ0n) is 19.1. The Hall–Kier alpha value is -3.40. The van der Waals surface area contributed by atoms with Crippen LogP contribution < -0.4 is 10.1 Å². The Kier molecular flexibility index (Phi) is 5.24. The molecule has 2 aliphatic carbocycles. The number of carbonyl (C=O) groups is 1. The number of ether oxygens (including phenoxy) is 2. The smallest absolute Gasteiger partial charge is 0.410 e. The van der Waals surface area contributed by atoms with Crippen LogP contribution in [-0.2, 0) is 17.6 Å². The summed E-state index contributed by atoms with van der Waals surface area (Å²) in [7, 11) is 1.83. The van der Waals surface area contributed by atoms with Gasteiger partial charge in [-0.15, -0.1) is 11.3 Å². The van der Waals surface area contributed by atoms with Gasteiger partial charge in [0, 0.05) is 35.8 Å². The largest absolute Gasteiger partial charge is 0.492 e. The van der Waals surface area contributed by atoms with Crippen LogP contribution in [0.25, 0.3) is 21.1 Å². The second-order valence-corrected chi connectivity index (χ2v) is 9.94. The van der Waals surface area contributed by atoms with Crippen LogP contribution >= 0.6 is 11.3 Å². The molecule has 1 atom stereocenters. The fourth-order valence-corrected chi connectivity index (χ4v) is 5.84. The van der Waals surface area contributed by atoms with Gasteiger partial charge in [-0.3, -0.25) is 5.10 Å². The van der Waals surface area contributed by atoms with Gasteiger partial charge in [0.2, 0.25) is 0 Å². The number of carbonyl (C=O) groups excluding carboxylic acids is 1. The van der Waals surface area contributed by atoms with Crippen molar-refractivity contribution in [2.24, 2.45) is 0 Å². The number of hydrogen-bond donors (Lipinski definition) is 2. The molecule has 6 rings (SSSR count). The summed E-state index contributed by atoms with van der Waals surface area (Å²) in [6.45, 7) is 2.52. The molecule has 0 aliphatic heterocycles. The maximum atomic E-state index is 12.4. The number of fused-ring (bicyclic) bond motifs is 4. The van der Waals surface area contributed by atoms with Crippen LogP contribution in [0.15, 0.2) is 24.7 Å². The van der Waals surface area contributed by atoms with E-state index < -0.39 is 0 Å². The van der Waals surface area contributed by atoms with Crippen LogP contribution in [0.5, 0.6) is 5.75 Å². The highest BCUT2D eigenvalue weighted by atomic mass is 32.1.